The van der Waals surface area contributed by atoms with Gasteiger partial charge in [0.05, 0.1) is 5.39 Å². The molecule has 146 valence electrons. The number of nitrogens with zero attached hydrogens (tertiary/aromatic N) is 4. The van der Waals surface area contributed by atoms with E-state index >= 15 is 0 Å². The molecule has 1 aliphatic carbocycles. The Morgan fingerprint density at radius 3 is 2.63 bits per heavy atom. The van der Waals surface area contributed by atoms with Crippen LogP contribution in [0.15, 0.2) is 18.6 Å². The van der Waals surface area contributed by atoms with Gasteiger partial charge in [-0.1, -0.05) is 0 Å². The number of ether oxygens (including phenoxy) is 1. The zero-order valence-corrected chi connectivity index (χ0v) is 16.6. The molecule has 2 aromatic rings. The largest absolute Gasteiger partial charge is 0.444 e. The SMILES string of the molecule is CCN(c1ncnc2[nH]ccc12)[C@@H]1C[C@@H]2CN(C(=O)OC(C)(C)C)C[C@@H]2C1. The van der Waals surface area contributed by atoms with Gasteiger partial charge in [-0.15, -0.1) is 0 Å². The van der Waals surface area contributed by atoms with Crippen molar-refractivity contribution in [1.82, 2.24) is 19.9 Å². The number of aromatic nitrogens is 3. The number of likely N-dealkylation sites (tertiary alicyclic amines) is 1. The number of fused-ring (bicyclic) bond motifs is 2. The third kappa shape index (κ3) is 3.47. The van der Waals surface area contributed by atoms with Gasteiger partial charge in [0.1, 0.15) is 23.4 Å². The van der Waals surface area contributed by atoms with Gasteiger partial charge in [0.2, 0.25) is 0 Å². The Labute approximate surface area is 160 Å². The fraction of sp³-hybridized carbons (Fsp3) is 0.650. The average molecular weight is 371 g/mol. The van der Waals surface area contributed by atoms with E-state index in [1.54, 1.807) is 6.33 Å². The summed E-state index contributed by atoms with van der Waals surface area (Å²) in [6.07, 6.45) is 5.56. The van der Waals surface area contributed by atoms with E-state index in [0.29, 0.717) is 17.9 Å². The van der Waals surface area contributed by atoms with Gasteiger partial charge >= 0.3 is 6.09 Å². The summed E-state index contributed by atoms with van der Waals surface area (Å²) in [7, 11) is 0. The number of H-pyrrole nitrogens is 1. The maximum Gasteiger partial charge on any atom is 0.410 e. The van der Waals surface area contributed by atoms with Crippen molar-refractivity contribution in [2.45, 2.75) is 52.2 Å². The lowest BCUT2D eigenvalue weighted by atomic mass is 10.0. The summed E-state index contributed by atoms with van der Waals surface area (Å²) in [6.45, 7) is 10.5. The number of amides is 1. The summed E-state index contributed by atoms with van der Waals surface area (Å²) < 4.78 is 5.55. The number of aromatic amines is 1. The number of nitrogens with one attached hydrogen (secondary N) is 1. The molecular weight excluding hydrogens is 342 g/mol. The molecule has 7 heteroatoms. The van der Waals surface area contributed by atoms with Crippen LogP contribution in [0.1, 0.15) is 40.5 Å². The predicted molar refractivity (Wildman–Crippen MR) is 105 cm³/mol. The molecule has 0 spiro atoms. The summed E-state index contributed by atoms with van der Waals surface area (Å²) in [6, 6.07) is 2.51. The first kappa shape index (κ1) is 18.1. The van der Waals surface area contributed by atoms with Crippen molar-refractivity contribution in [2.24, 2.45) is 11.8 Å². The Hall–Kier alpha value is -2.31. The number of rotatable bonds is 3. The predicted octanol–water partition coefficient (Wildman–Crippen LogP) is 3.43. The van der Waals surface area contributed by atoms with Crippen LogP contribution in [0.4, 0.5) is 10.6 Å². The summed E-state index contributed by atoms with van der Waals surface area (Å²) in [5.41, 5.74) is 0.443. The highest BCUT2D eigenvalue weighted by Gasteiger charge is 2.45. The molecule has 1 N–H and O–H groups in total. The molecule has 0 bridgehead atoms. The second kappa shape index (κ2) is 6.69. The van der Waals surface area contributed by atoms with E-state index in [0.717, 1.165) is 49.3 Å². The van der Waals surface area contributed by atoms with Crippen LogP contribution in [0, 0.1) is 11.8 Å². The van der Waals surface area contributed by atoms with E-state index in [1.165, 1.54) is 0 Å². The van der Waals surface area contributed by atoms with Gasteiger partial charge in [0, 0.05) is 31.9 Å². The van der Waals surface area contributed by atoms with Crippen molar-refractivity contribution in [3.05, 3.63) is 18.6 Å². The van der Waals surface area contributed by atoms with Crippen LogP contribution in [0.5, 0.6) is 0 Å². The smallest absolute Gasteiger partial charge is 0.410 e. The molecule has 27 heavy (non-hydrogen) atoms. The molecule has 1 aliphatic heterocycles. The monoisotopic (exact) mass is 371 g/mol. The lowest BCUT2D eigenvalue weighted by Crippen LogP contribution is -2.38. The Morgan fingerprint density at radius 1 is 1.30 bits per heavy atom. The first-order valence-electron chi connectivity index (χ1n) is 9.88. The van der Waals surface area contributed by atoms with Crippen molar-refractivity contribution in [3.63, 3.8) is 0 Å². The van der Waals surface area contributed by atoms with Crippen LogP contribution < -0.4 is 4.90 Å². The normalized spacial score (nSPS) is 25.0. The number of carbonyl (C=O) groups is 1. The third-order valence-electron chi connectivity index (χ3n) is 5.76. The number of hydrogen-bond donors (Lipinski definition) is 1. The second-order valence-corrected chi connectivity index (χ2v) is 8.75. The Bertz CT molecular complexity index is 813. The van der Waals surface area contributed by atoms with Gasteiger partial charge in [-0.3, -0.25) is 0 Å². The number of carbonyl (C=O) groups excluding carboxylic acids is 1. The van der Waals surface area contributed by atoms with Gasteiger partial charge in [-0.25, -0.2) is 14.8 Å². The lowest BCUT2D eigenvalue weighted by molar-refractivity contribution is 0.0279. The third-order valence-corrected chi connectivity index (χ3v) is 5.76. The fourth-order valence-electron chi connectivity index (χ4n) is 4.67. The molecule has 2 aromatic heterocycles. The van der Waals surface area contributed by atoms with Gasteiger partial charge in [0.15, 0.2) is 0 Å². The van der Waals surface area contributed by atoms with Crippen molar-refractivity contribution >= 4 is 22.9 Å². The summed E-state index contributed by atoms with van der Waals surface area (Å²) in [5.74, 6) is 2.10. The topological polar surface area (TPSA) is 74.4 Å². The summed E-state index contributed by atoms with van der Waals surface area (Å²) in [4.78, 5) is 28.7. The van der Waals surface area contributed by atoms with Crippen LogP contribution in [0.2, 0.25) is 0 Å². The molecular formula is C20H29N5O2. The van der Waals surface area contributed by atoms with Crippen LogP contribution in [0.3, 0.4) is 0 Å². The van der Waals surface area contributed by atoms with Crippen molar-refractivity contribution < 1.29 is 9.53 Å². The van der Waals surface area contributed by atoms with E-state index in [9.17, 15) is 4.79 Å². The Morgan fingerprint density at radius 2 is 2.00 bits per heavy atom. The van der Waals surface area contributed by atoms with Crippen LogP contribution in [-0.2, 0) is 4.74 Å². The zero-order valence-electron chi connectivity index (χ0n) is 16.6. The van der Waals surface area contributed by atoms with Gasteiger partial charge in [-0.2, -0.15) is 0 Å². The average Bonchev–Trinajstić information content (AvgIpc) is 3.28. The van der Waals surface area contributed by atoms with E-state index < -0.39 is 5.60 Å². The minimum Gasteiger partial charge on any atom is -0.444 e. The Kier molecular flexibility index (Phi) is 4.48. The first-order valence-corrected chi connectivity index (χ1v) is 9.88. The van der Waals surface area contributed by atoms with Crippen molar-refractivity contribution in [3.8, 4) is 0 Å². The summed E-state index contributed by atoms with van der Waals surface area (Å²) >= 11 is 0. The van der Waals surface area contributed by atoms with Gasteiger partial charge < -0.3 is 19.5 Å². The highest BCUT2D eigenvalue weighted by molar-refractivity contribution is 5.87. The highest BCUT2D eigenvalue weighted by atomic mass is 16.6. The van der Waals surface area contributed by atoms with Crippen molar-refractivity contribution in [2.75, 3.05) is 24.5 Å². The van der Waals surface area contributed by atoms with E-state index in [2.05, 4.69) is 26.8 Å². The molecule has 0 unspecified atom stereocenters. The quantitative estimate of drug-likeness (QED) is 0.895. The van der Waals surface area contributed by atoms with E-state index in [-0.39, 0.29) is 6.09 Å². The molecule has 1 saturated carbocycles. The maximum absolute atomic E-state index is 12.4. The molecule has 3 heterocycles. The standard InChI is InChI=1S/C20H29N5O2/c1-5-25(18-16-6-7-21-17(16)22-12-23-18)15-8-13-10-24(11-14(13)9-15)19(26)27-20(2,3)4/h6-7,12-15H,5,8-11H2,1-4H3,(H,21,22,23)/t13-,14+,15-. The van der Waals surface area contributed by atoms with Gasteiger partial charge in [-0.05, 0) is 58.4 Å². The molecule has 2 fully saturated rings. The highest BCUT2D eigenvalue weighted by Crippen LogP contribution is 2.42. The molecule has 4 rings (SSSR count). The minimum atomic E-state index is -0.439. The van der Waals surface area contributed by atoms with Crippen LogP contribution >= 0.6 is 0 Å². The van der Waals surface area contributed by atoms with E-state index in [1.807, 2.05) is 37.9 Å². The van der Waals surface area contributed by atoms with Crippen LogP contribution in [-0.4, -0.2) is 57.2 Å². The summed E-state index contributed by atoms with van der Waals surface area (Å²) in [5, 5.41) is 1.08. The number of hydrogen-bond acceptors (Lipinski definition) is 5. The molecule has 0 aromatic carbocycles. The first-order chi connectivity index (χ1) is 12.9. The zero-order chi connectivity index (χ0) is 19.2. The van der Waals surface area contributed by atoms with Gasteiger partial charge in [0.25, 0.3) is 0 Å². The molecule has 3 atom stereocenters. The maximum atomic E-state index is 12.4. The molecule has 0 radical (unpaired) electrons. The van der Waals surface area contributed by atoms with Crippen molar-refractivity contribution in [1.29, 1.82) is 0 Å². The fourth-order valence-corrected chi connectivity index (χ4v) is 4.67. The number of anilines is 1. The van der Waals surface area contributed by atoms with Crippen LogP contribution in [0.25, 0.3) is 11.0 Å². The molecule has 2 aliphatic rings. The van der Waals surface area contributed by atoms with E-state index in [4.69, 9.17) is 4.74 Å². The minimum absolute atomic E-state index is 0.175. The Balaban J connectivity index is 1.45. The lowest BCUT2D eigenvalue weighted by Gasteiger charge is -2.31. The molecule has 1 amide bonds. The second-order valence-electron chi connectivity index (χ2n) is 8.75. The molecule has 7 nitrogen and oxygen atoms in total. The molecule has 1 saturated heterocycles.